The SMILES string of the molecule is C[S+](C)CCOCN1c2ccccc2C(=O)C(C2CCN(C(=O)OC(C)(C)C)CC2)S1(=O)=O. The summed E-state index contributed by atoms with van der Waals surface area (Å²) in [6.45, 7) is 6.47. The lowest BCUT2D eigenvalue weighted by Gasteiger charge is -2.40. The number of fused-ring (bicyclic) bond motifs is 1. The van der Waals surface area contributed by atoms with Crippen LogP contribution in [0.2, 0.25) is 0 Å². The van der Waals surface area contributed by atoms with Crippen molar-refractivity contribution in [2.75, 3.05) is 49.0 Å². The summed E-state index contributed by atoms with van der Waals surface area (Å²) in [5.41, 5.74) is 0.176. The van der Waals surface area contributed by atoms with E-state index in [0.29, 0.717) is 43.8 Å². The average Bonchev–Trinajstić information content (AvgIpc) is 2.72. The van der Waals surface area contributed by atoms with E-state index >= 15 is 0 Å². The second-order valence-electron chi connectivity index (χ2n) is 9.73. The summed E-state index contributed by atoms with van der Waals surface area (Å²) in [7, 11) is -3.77. The van der Waals surface area contributed by atoms with Crippen LogP contribution in [0.15, 0.2) is 24.3 Å². The topological polar surface area (TPSA) is 93.2 Å². The molecule has 1 unspecified atom stereocenters. The Morgan fingerprint density at radius 2 is 1.79 bits per heavy atom. The predicted molar refractivity (Wildman–Crippen MR) is 131 cm³/mol. The number of sulfonamides is 1. The Labute approximate surface area is 200 Å². The zero-order valence-electron chi connectivity index (χ0n) is 20.1. The minimum atomic E-state index is -3.97. The van der Waals surface area contributed by atoms with Crippen molar-refractivity contribution in [3.63, 3.8) is 0 Å². The van der Waals surface area contributed by atoms with Gasteiger partial charge in [-0.1, -0.05) is 12.1 Å². The van der Waals surface area contributed by atoms with Gasteiger partial charge in [0.15, 0.2) is 5.78 Å². The lowest BCUT2D eigenvalue weighted by Crippen LogP contribution is -2.54. The van der Waals surface area contributed by atoms with Gasteiger partial charge in [0, 0.05) is 18.7 Å². The molecule has 3 rings (SSSR count). The molecule has 33 heavy (non-hydrogen) atoms. The standard InChI is InChI=1S/C23H35N2O6S2/c1-23(2,3)31-22(27)24-12-10-17(11-13-24)21-20(26)18-8-6-7-9-19(18)25(33(21,28)29)16-30-14-15-32(4)5/h6-9,17,21H,10-16H2,1-5H3/q+1. The molecule has 1 aromatic carbocycles. The van der Waals surface area contributed by atoms with E-state index in [1.807, 2.05) is 0 Å². The van der Waals surface area contributed by atoms with E-state index in [2.05, 4.69) is 12.5 Å². The zero-order valence-corrected chi connectivity index (χ0v) is 21.7. The molecule has 1 fully saturated rings. The smallest absolute Gasteiger partial charge is 0.410 e. The van der Waals surface area contributed by atoms with Crippen LogP contribution < -0.4 is 4.31 Å². The molecule has 0 aromatic heterocycles. The van der Waals surface area contributed by atoms with Crippen molar-refractivity contribution in [2.45, 2.75) is 44.5 Å². The van der Waals surface area contributed by atoms with Gasteiger partial charge in [-0.15, -0.1) is 0 Å². The van der Waals surface area contributed by atoms with Crippen molar-refractivity contribution in [3.05, 3.63) is 29.8 Å². The fourth-order valence-electron chi connectivity index (χ4n) is 4.15. The minimum absolute atomic E-state index is 0.114. The maximum absolute atomic E-state index is 13.6. The van der Waals surface area contributed by atoms with E-state index in [4.69, 9.17) is 9.47 Å². The lowest BCUT2D eigenvalue weighted by molar-refractivity contribution is 0.0184. The van der Waals surface area contributed by atoms with E-state index in [1.165, 1.54) is 4.31 Å². The third-order valence-corrected chi connectivity index (χ3v) is 8.93. The van der Waals surface area contributed by atoms with Gasteiger partial charge in [-0.3, -0.25) is 4.79 Å². The number of para-hydroxylation sites is 1. The summed E-state index contributed by atoms with van der Waals surface area (Å²) in [5.74, 6) is 0.0940. The fraction of sp³-hybridized carbons (Fsp3) is 0.652. The monoisotopic (exact) mass is 499 g/mol. The first-order chi connectivity index (χ1) is 15.4. The molecular weight excluding hydrogens is 464 g/mol. The molecule has 0 spiro atoms. The fourth-order valence-corrected chi connectivity index (χ4v) is 6.68. The van der Waals surface area contributed by atoms with Crippen LogP contribution in [0.5, 0.6) is 0 Å². The highest BCUT2D eigenvalue weighted by atomic mass is 32.2. The molecule has 0 saturated carbocycles. The quantitative estimate of drug-likeness (QED) is 0.441. The maximum atomic E-state index is 13.6. The van der Waals surface area contributed by atoms with Crippen LogP contribution in [-0.2, 0) is 30.4 Å². The number of hydrogen-bond acceptors (Lipinski definition) is 6. The lowest BCUT2D eigenvalue weighted by atomic mass is 9.88. The first kappa shape index (κ1) is 25.8. The van der Waals surface area contributed by atoms with E-state index in [-0.39, 0.29) is 29.3 Å². The molecule has 1 saturated heterocycles. The molecule has 0 bridgehead atoms. The van der Waals surface area contributed by atoms with Crippen LogP contribution in [0.3, 0.4) is 0 Å². The third-order valence-electron chi connectivity index (χ3n) is 5.79. The minimum Gasteiger partial charge on any atom is -0.444 e. The number of amides is 1. The molecule has 1 atom stereocenters. The van der Waals surface area contributed by atoms with E-state index in [9.17, 15) is 18.0 Å². The number of carbonyl (C=O) groups excluding carboxylic acids is 2. The summed E-state index contributed by atoms with van der Waals surface area (Å²) >= 11 is 0. The molecular formula is C23H35N2O6S2+. The number of rotatable bonds is 6. The van der Waals surface area contributed by atoms with Crippen molar-refractivity contribution in [3.8, 4) is 0 Å². The normalized spacial score (nSPS) is 21.3. The molecule has 0 aliphatic carbocycles. The Bertz CT molecular complexity index is 965. The number of benzene rings is 1. The van der Waals surface area contributed by atoms with Crippen molar-refractivity contribution >= 4 is 38.5 Å². The number of anilines is 1. The Balaban J connectivity index is 1.78. The number of Topliss-reactive ketones (excluding diaryl/α,β-unsaturated/α-hetero) is 1. The number of carbonyl (C=O) groups is 2. The second-order valence-corrected chi connectivity index (χ2v) is 14.1. The Morgan fingerprint density at radius 1 is 1.15 bits per heavy atom. The summed E-state index contributed by atoms with van der Waals surface area (Å²) in [6.07, 6.45) is 4.63. The van der Waals surface area contributed by atoms with Gasteiger partial charge in [0.1, 0.15) is 23.3 Å². The molecule has 184 valence electrons. The van der Waals surface area contributed by atoms with Crippen molar-refractivity contribution in [1.29, 1.82) is 0 Å². The number of likely N-dealkylation sites (tertiary alicyclic amines) is 1. The number of ether oxygens (including phenoxy) is 2. The number of nitrogens with zero attached hydrogens (tertiary/aromatic N) is 2. The van der Waals surface area contributed by atoms with Gasteiger partial charge in [0.05, 0.1) is 24.8 Å². The second kappa shape index (κ2) is 10.2. The molecule has 8 nitrogen and oxygen atoms in total. The molecule has 0 radical (unpaired) electrons. The van der Waals surface area contributed by atoms with Gasteiger partial charge in [-0.05, 0) is 62.6 Å². The molecule has 10 heteroatoms. The highest BCUT2D eigenvalue weighted by Crippen LogP contribution is 2.38. The van der Waals surface area contributed by atoms with Crippen LogP contribution in [-0.4, -0.2) is 80.7 Å². The highest BCUT2D eigenvalue weighted by Gasteiger charge is 2.49. The third kappa shape index (κ3) is 6.02. The number of piperidine rings is 1. The maximum Gasteiger partial charge on any atom is 0.410 e. The van der Waals surface area contributed by atoms with Crippen LogP contribution in [0, 0.1) is 5.92 Å². The van der Waals surface area contributed by atoms with Crippen molar-refractivity contribution < 1.29 is 27.5 Å². The largest absolute Gasteiger partial charge is 0.444 e. The number of ketones is 1. The summed E-state index contributed by atoms with van der Waals surface area (Å²) in [4.78, 5) is 27.3. The highest BCUT2D eigenvalue weighted by molar-refractivity contribution is 7.95. The first-order valence-electron chi connectivity index (χ1n) is 11.2. The Hall–Kier alpha value is -1.78. The molecule has 1 amide bonds. The van der Waals surface area contributed by atoms with Crippen LogP contribution in [0.1, 0.15) is 44.0 Å². The van der Waals surface area contributed by atoms with Gasteiger partial charge in [-0.2, -0.15) is 0 Å². The molecule has 2 aliphatic heterocycles. The molecule has 2 aliphatic rings. The summed E-state index contributed by atoms with van der Waals surface area (Å²) in [6, 6.07) is 6.80. The van der Waals surface area contributed by atoms with E-state index < -0.39 is 27.0 Å². The Morgan fingerprint density at radius 3 is 2.39 bits per heavy atom. The average molecular weight is 500 g/mol. The van der Waals surface area contributed by atoms with Crippen LogP contribution >= 0.6 is 0 Å². The molecule has 0 N–H and O–H groups in total. The van der Waals surface area contributed by atoms with Gasteiger partial charge >= 0.3 is 6.09 Å². The van der Waals surface area contributed by atoms with Gasteiger partial charge in [-0.25, -0.2) is 17.5 Å². The van der Waals surface area contributed by atoms with Gasteiger partial charge in [0.2, 0.25) is 10.0 Å². The van der Waals surface area contributed by atoms with Crippen molar-refractivity contribution in [1.82, 2.24) is 4.90 Å². The molecule has 1 aromatic rings. The summed E-state index contributed by atoms with van der Waals surface area (Å²) in [5, 5.41) is -1.18. The van der Waals surface area contributed by atoms with Crippen LogP contribution in [0.4, 0.5) is 10.5 Å². The van der Waals surface area contributed by atoms with Gasteiger partial charge in [0.25, 0.3) is 0 Å². The van der Waals surface area contributed by atoms with Gasteiger partial charge < -0.3 is 14.4 Å². The van der Waals surface area contributed by atoms with E-state index in [1.54, 1.807) is 49.9 Å². The zero-order chi connectivity index (χ0) is 24.4. The van der Waals surface area contributed by atoms with Crippen LogP contribution in [0.25, 0.3) is 0 Å². The first-order valence-corrected chi connectivity index (χ1v) is 14.9. The van der Waals surface area contributed by atoms with Crippen molar-refractivity contribution in [2.24, 2.45) is 5.92 Å². The number of hydrogen-bond donors (Lipinski definition) is 0. The predicted octanol–water partition coefficient (Wildman–Crippen LogP) is 2.89. The van der Waals surface area contributed by atoms with E-state index in [0.717, 1.165) is 5.75 Å². The summed E-state index contributed by atoms with van der Waals surface area (Å²) < 4.78 is 39.7. The Kier molecular flexibility index (Phi) is 8.01. The molecule has 2 heterocycles.